The lowest BCUT2D eigenvalue weighted by molar-refractivity contribution is 0.451. The van der Waals surface area contributed by atoms with Crippen LogP contribution in [-0.2, 0) is 0 Å². The summed E-state index contributed by atoms with van der Waals surface area (Å²) in [6, 6.07) is 5.64. The van der Waals surface area contributed by atoms with Gasteiger partial charge in [0.15, 0.2) is 5.15 Å². The molecule has 1 aromatic carbocycles. The van der Waals surface area contributed by atoms with Gasteiger partial charge in [0, 0.05) is 11.6 Å². The molecule has 2 N–H and O–H groups in total. The third-order valence-corrected chi connectivity index (χ3v) is 2.63. The van der Waals surface area contributed by atoms with Crippen molar-refractivity contribution >= 4 is 23.2 Å². The van der Waals surface area contributed by atoms with Gasteiger partial charge in [0.25, 0.3) is 0 Å². The number of benzene rings is 1. The largest absolute Gasteiger partial charge is 0.508 e. The van der Waals surface area contributed by atoms with Gasteiger partial charge in [0.2, 0.25) is 0 Å². The average molecular weight is 257 g/mol. The van der Waals surface area contributed by atoms with E-state index in [1.165, 1.54) is 24.3 Å². The normalized spacial score (nSPS) is 10.4. The van der Waals surface area contributed by atoms with Crippen molar-refractivity contribution in [3.63, 3.8) is 0 Å². The minimum absolute atomic E-state index is 0.0331. The minimum Gasteiger partial charge on any atom is -0.508 e. The second-order valence-electron chi connectivity index (χ2n) is 3.07. The fourth-order valence-electron chi connectivity index (χ4n) is 1.22. The maximum Gasteiger partial charge on any atom is 0.170 e. The van der Waals surface area contributed by atoms with Gasteiger partial charge in [0.05, 0.1) is 10.7 Å². The molecule has 16 heavy (non-hydrogen) atoms. The van der Waals surface area contributed by atoms with Crippen molar-refractivity contribution < 1.29 is 10.2 Å². The van der Waals surface area contributed by atoms with Crippen LogP contribution in [0.15, 0.2) is 24.3 Å². The zero-order chi connectivity index (χ0) is 11.7. The number of phenols is 2. The quantitative estimate of drug-likeness (QED) is 0.824. The van der Waals surface area contributed by atoms with Crippen LogP contribution < -0.4 is 0 Å². The van der Waals surface area contributed by atoms with Gasteiger partial charge in [-0.2, -0.15) is 0 Å². The summed E-state index contributed by atoms with van der Waals surface area (Å²) in [7, 11) is 0. The molecule has 0 fully saturated rings. The fraction of sp³-hybridized carbons (Fsp3) is 0. The van der Waals surface area contributed by atoms with E-state index >= 15 is 0 Å². The molecule has 0 spiro atoms. The van der Waals surface area contributed by atoms with Crippen LogP contribution in [-0.4, -0.2) is 20.4 Å². The van der Waals surface area contributed by atoms with Crippen LogP contribution in [0, 0.1) is 0 Å². The average Bonchev–Trinajstić information content (AvgIpc) is 2.22. The summed E-state index contributed by atoms with van der Waals surface area (Å²) < 4.78 is 0. The Hall–Kier alpha value is -1.52. The molecule has 0 aliphatic carbocycles. The molecule has 6 heteroatoms. The van der Waals surface area contributed by atoms with E-state index in [0.717, 1.165) is 0 Å². The Morgan fingerprint density at radius 3 is 2.38 bits per heavy atom. The van der Waals surface area contributed by atoms with Crippen LogP contribution >= 0.6 is 23.2 Å². The number of nitrogens with zero attached hydrogens (tertiary/aromatic N) is 2. The summed E-state index contributed by atoms with van der Waals surface area (Å²) in [5.41, 5.74) is 0.802. The molecule has 1 aromatic heterocycles. The van der Waals surface area contributed by atoms with Crippen molar-refractivity contribution in [2.45, 2.75) is 0 Å². The first kappa shape index (κ1) is 11.0. The highest BCUT2D eigenvalue weighted by Gasteiger charge is 2.09. The third kappa shape index (κ3) is 2.03. The van der Waals surface area contributed by atoms with Gasteiger partial charge in [-0.3, -0.25) is 0 Å². The number of aromatic nitrogens is 2. The molecule has 4 nitrogen and oxygen atoms in total. The molecule has 0 bridgehead atoms. The van der Waals surface area contributed by atoms with Crippen LogP contribution in [0.1, 0.15) is 0 Å². The van der Waals surface area contributed by atoms with E-state index in [1.54, 1.807) is 0 Å². The van der Waals surface area contributed by atoms with Gasteiger partial charge >= 0.3 is 0 Å². The van der Waals surface area contributed by atoms with E-state index in [9.17, 15) is 5.11 Å². The lowest BCUT2D eigenvalue weighted by atomic mass is 10.1. The fourth-order valence-corrected chi connectivity index (χ4v) is 1.46. The van der Waals surface area contributed by atoms with E-state index in [2.05, 4.69) is 10.2 Å². The summed E-state index contributed by atoms with van der Waals surface area (Å²) in [5, 5.41) is 26.5. The Morgan fingerprint density at radius 2 is 1.75 bits per heavy atom. The zero-order valence-electron chi connectivity index (χ0n) is 7.85. The summed E-state index contributed by atoms with van der Waals surface area (Å²) in [6.45, 7) is 0. The second-order valence-corrected chi connectivity index (χ2v) is 3.83. The van der Waals surface area contributed by atoms with Crippen molar-refractivity contribution in [1.82, 2.24) is 10.2 Å². The van der Waals surface area contributed by atoms with Crippen molar-refractivity contribution in [2.24, 2.45) is 0 Å². The van der Waals surface area contributed by atoms with Crippen LogP contribution in [0.3, 0.4) is 0 Å². The summed E-state index contributed by atoms with van der Waals surface area (Å²) in [4.78, 5) is 0. The lowest BCUT2D eigenvalue weighted by Crippen LogP contribution is -1.89. The molecule has 2 aromatic rings. The maximum absolute atomic E-state index is 9.60. The van der Waals surface area contributed by atoms with Gasteiger partial charge < -0.3 is 10.2 Å². The molecule has 0 saturated heterocycles. The van der Waals surface area contributed by atoms with Gasteiger partial charge in [-0.25, -0.2) is 0 Å². The van der Waals surface area contributed by atoms with Gasteiger partial charge in [0.1, 0.15) is 11.5 Å². The smallest absolute Gasteiger partial charge is 0.170 e. The number of hydrogen-bond acceptors (Lipinski definition) is 4. The van der Waals surface area contributed by atoms with Gasteiger partial charge in [-0.1, -0.05) is 23.2 Å². The number of phenolic OH excluding ortho intramolecular Hbond substituents is 2. The predicted octanol–water partition coefficient (Wildman–Crippen LogP) is 2.86. The van der Waals surface area contributed by atoms with Crippen molar-refractivity contribution in [1.29, 1.82) is 0 Å². The Labute approximate surface area is 101 Å². The molecule has 82 valence electrons. The molecular formula is C10H6Cl2N2O2. The minimum atomic E-state index is -0.104. The first-order valence-electron chi connectivity index (χ1n) is 4.29. The van der Waals surface area contributed by atoms with Crippen LogP contribution in [0.2, 0.25) is 10.2 Å². The third-order valence-electron chi connectivity index (χ3n) is 1.96. The summed E-state index contributed by atoms with van der Waals surface area (Å²) in [5.74, 6) is -0.137. The van der Waals surface area contributed by atoms with Crippen molar-refractivity contribution in [3.8, 4) is 22.8 Å². The predicted molar refractivity (Wildman–Crippen MR) is 60.8 cm³/mol. The Kier molecular flexibility index (Phi) is 2.85. The standard InChI is InChI=1S/C10H6Cl2N2O2/c11-7-4-8(13-14-10(7)12)6-2-1-5(15)3-9(6)16/h1-4,15-16H. The Bertz CT molecular complexity index is 546. The van der Waals surface area contributed by atoms with Crippen molar-refractivity contribution in [3.05, 3.63) is 34.4 Å². The molecule has 0 aliphatic heterocycles. The van der Waals surface area contributed by atoms with E-state index in [0.29, 0.717) is 11.3 Å². The highest BCUT2D eigenvalue weighted by atomic mass is 35.5. The van der Waals surface area contributed by atoms with E-state index < -0.39 is 0 Å². The molecule has 0 amide bonds. The molecule has 0 atom stereocenters. The Balaban J connectivity index is 2.54. The van der Waals surface area contributed by atoms with Gasteiger partial charge in [-0.05, 0) is 18.2 Å². The first-order chi connectivity index (χ1) is 7.58. The monoisotopic (exact) mass is 256 g/mol. The van der Waals surface area contributed by atoms with Crippen molar-refractivity contribution in [2.75, 3.05) is 0 Å². The number of halogens is 2. The summed E-state index contributed by atoms with van der Waals surface area (Å²) in [6.07, 6.45) is 0. The zero-order valence-corrected chi connectivity index (χ0v) is 9.37. The Morgan fingerprint density at radius 1 is 1.00 bits per heavy atom. The summed E-state index contributed by atoms with van der Waals surface area (Å²) >= 11 is 11.4. The molecule has 0 radical (unpaired) electrons. The molecule has 1 heterocycles. The van der Waals surface area contributed by atoms with E-state index in [4.69, 9.17) is 28.3 Å². The number of rotatable bonds is 1. The molecule has 0 saturated carbocycles. The SMILES string of the molecule is Oc1ccc(-c2cc(Cl)c(Cl)nn2)c(O)c1. The highest BCUT2D eigenvalue weighted by molar-refractivity contribution is 6.41. The topological polar surface area (TPSA) is 66.2 Å². The molecule has 0 unspecified atom stereocenters. The van der Waals surface area contributed by atoms with E-state index in [-0.39, 0.29) is 21.7 Å². The highest BCUT2D eigenvalue weighted by Crippen LogP contribution is 2.32. The van der Waals surface area contributed by atoms with Crippen LogP contribution in [0.4, 0.5) is 0 Å². The molecule has 0 aliphatic rings. The van der Waals surface area contributed by atoms with Crippen LogP contribution in [0.25, 0.3) is 11.3 Å². The molecular weight excluding hydrogens is 251 g/mol. The second kappa shape index (κ2) is 4.15. The number of aromatic hydroxyl groups is 2. The van der Waals surface area contributed by atoms with E-state index in [1.807, 2.05) is 0 Å². The van der Waals surface area contributed by atoms with Crippen LogP contribution in [0.5, 0.6) is 11.5 Å². The molecule has 2 rings (SSSR count). The van der Waals surface area contributed by atoms with Gasteiger partial charge in [-0.15, -0.1) is 10.2 Å². The lowest BCUT2D eigenvalue weighted by Gasteiger charge is -2.04. The number of hydrogen-bond donors (Lipinski definition) is 2. The maximum atomic E-state index is 9.60. The first-order valence-corrected chi connectivity index (χ1v) is 5.04.